The first kappa shape index (κ1) is 36.2. The molecule has 2 atom stereocenters. The molecule has 0 saturated carbocycles. The fraction of sp³-hybridized carbons (Fsp3) is 0.421. The number of piperazine rings is 2. The Morgan fingerprint density at radius 2 is 1.72 bits per heavy atom. The fourth-order valence-electron chi connectivity index (χ4n) is 7.66. The van der Waals surface area contributed by atoms with Gasteiger partial charge in [-0.25, -0.2) is 28.6 Å². The second-order valence-electron chi connectivity index (χ2n) is 14.1. The van der Waals surface area contributed by atoms with Crippen LogP contribution in [0.15, 0.2) is 73.3 Å². The molecule has 0 unspecified atom stereocenters. The molecule has 0 aliphatic carbocycles. The van der Waals surface area contributed by atoms with Gasteiger partial charge in [-0.15, -0.1) is 6.58 Å². The van der Waals surface area contributed by atoms with Crippen molar-refractivity contribution in [2.45, 2.75) is 37.8 Å². The Morgan fingerprint density at radius 3 is 2.42 bits per heavy atom. The fourth-order valence-corrected chi connectivity index (χ4v) is 7.66. The molecule has 280 valence electrons. The number of nitrogens with one attached hydrogen (secondary N) is 1. The van der Waals surface area contributed by atoms with E-state index in [2.05, 4.69) is 33.6 Å². The minimum absolute atomic E-state index is 0.0406. The number of pyridine rings is 1. The van der Waals surface area contributed by atoms with Crippen LogP contribution in [0.25, 0.3) is 0 Å². The number of phenolic OH excluding ortho intramolecular Hbond substituents is 1. The van der Waals surface area contributed by atoms with Crippen LogP contribution in [0.5, 0.6) is 5.75 Å². The molecule has 2 N–H and O–H groups in total. The van der Waals surface area contributed by atoms with E-state index in [0.717, 1.165) is 62.8 Å². The predicted octanol–water partition coefficient (Wildman–Crippen LogP) is 2.24. The molecule has 4 aliphatic heterocycles. The number of hydrazine groups is 1. The van der Waals surface area contributed by atoms with Gasteiger partial charge >= 0.3 is 6.03 Å². The number of hydrogen-bond acceptors (Lipinski definition) is 9. The van der Waals surface area contributed by atoms with Gasteiger partial charge in [-0.1, -0.05) is 42.5 Å². The minimum atomic E-state index is -1.35. The van der Waals surface area contributed by atoms with Gasteiger partial charge in [0.1, 0.15) is 35.4 Å². The number of nitrogens with zero attached hydrogens (tertiary/aromatic N) is 8. The lowest BCUT2D eigenvalue weighted by molar-refractivity contribution is -0.189. The summed E-state index contributed by atoms with van der Waals surface area (Å²) in [6.07, 6.45) is 0.0521. The third-order valence-electron chi connectivity index (χ3n) is 10.6. The summed E-state index contributed by atoms with van der Waals surface area (Å²) in [4.78, 5) is 57.0. The number of aromatic nitrogens is 1. The Morgan fingerprint density at radius 1 is 1.00 bits per heavy atom. The highest BCUT2D eigenvalue weighted by atomic mass is 19.1. The molecule has 4 saturated heterocycles. The van der Waals surface area contributed by atoms with Gasteiger partial charge in [-0.2, -0.15) is 0 Å². The maximum atomic E-state index is 15.2. The van der Waals surface area contributed by atoms with Crippen molar-refractivity contribution in [3.05, 3.63) is 102 Å². The number of benzene rings is 2. The molecule has 3 aromatic rings. The maximum absolute atomic E-state index is 15.2. The summed E-state index contributed by atoms with van der Waals surface area (Å²) in [6, 6.07) is 15.1. The first-order valence-corrected chi connectivity index (χ1v) is 18.0. The topological polar surface area (TPSA) is 119 Å². The molecule has 4 fully saturated rings. The number of aromatic hydroxyl groups is 1. The highest BCUT2D eigenvalue weighted by Gasteiger charge is 2.51. The quantitative estimate of drug-likeness (QED) is 0.303. The Bertz CT molecular complexity index is 1810. The summed E-state index contributed by atoms with van der Waals surface area (Å²) in [5.41, 5.74) is 1.01. The lowest BCUT2D eigenvalue weighted by Crippen LogP contribution is -2.76. The summed E-state index contributed by atoms with van der Waals surface area (Å²) in [5, 5.41) is 15.7. The molecular formula is C38H45F2N9O4. The number of likely N-dealkylation sites (N-methyl/N-ethyl adjacent to an activating group) is 1. The molecule has 0 bridgehead atoms. The van der Waals surface area contributed by atoms with Gasteiger partial charge in [0.2, 0.25) is 11.8 Å². The lowest BCUT2D eigenvalue weighted by atomic mass is 9.97. The number of carbonyl (C=O) groups is 3. The molecule has 0 radical (unpaired) electrons. The van der Waals surface area contributed by atoms with Crippen molar-refractivity contribution >= 4 is 23.7 Å². The van der Waals surface area contributed by atoms with Gasteiger partial charge in [0.15, 0.2) is 0 Å². The Hall–Kier alpha value is -5.12. The zero-order valence-corrected chi connectivity index (χ0v) is 29.8. The average Bonchev–Trinajstić information content (AvgIpc) is 3.11. The first-order valence-electron chi connectivity index (χ1n) is 18.0. The van der Waals surface area contributed by atoms with E-state index >= 15 is 8.78 Å². The number of urea groups is 1. The maximum Gasteiger partial charge on any atom is 0.334 e. The lowest BCUT2D eigenvalue weighted by Gasteiger charge is -2.55. The van der Waals surface area contributed by atoms with E-state index in [1.165, 1.54) is 14.8 Å². The van der Waals surface area contributed by atoms with Crippen LogP contribution in [-0.4, -0.2) is 142 Å². The summed E-state index contributed by atoms with van der Waals surface area (Å²) >= 11 is 0. The Balaban J connectivity index is 1.16. The number of rotatable bonds is 10. The Kier molecular flexibility index (Phi) is 10.6. The molecule has 5 heterocycles. The molecule has 53 heavy (non-hydrogen) atoms. The summed E-state index contributed by atoms with van der Waals surface area (Å²) < 4.78 is 30.3. The van der Waals surface area contributed by atoms with Crippen molar-refractivity contribution in [3.63, 3.8) is 0 Å². The first-order chi connectivity index (χ1) is 25.6. The van der Waals surface area contributed by atoms with Crippen LogP contribution in [0.1, 0.15) is 16.8 Å². The van der Waals surface area contributed by atoms with Crippen LogP contribution >= 0.6 is 0 Å². The molecule has 0 spiro atoms. The van der Waals surface area contributed by atoms with Crippen molar-refractivity contribution in [1.29, 1.82) is 0 Å². The van der Waals surface area contributed by atoms with Crippen molar-refractivity contribution < 1.29 is 28.3 Å². The van der Waals surface area contributed by atoms with Crippen LogP contribution < -0.4 is 10.2 Å². The van der Waals surface area contributed by atoms with Gasteiger partial charge in [0.25, 0.3) is 0 Å². The number of carbonyl (C=O) groups excluding carboxylic acids is 3. The average molecular weight is 730 g/mol. The predicted molar refractivity (Wildman–Crippen MR) is 193 cm³/mol. The SMILES string of the molecule is C=CCN1CC(=O)N2[C@@H](Cc3c(F)cc(O)cc3F)C(=O)N(Cc3cccc(N4CC(N5CCN(C)CC5)C4)n3)C[C@@H]2N1C(=O)NCc1ccccc1. The van der Waals surface area contributed by atoms with E-state index in [1.807, 2.05) is 48.5 Å². The molecule has 13 nitrogen and oxygen atoms in total. The van der Waals surface area contributed by atoms with Crippen molar-refractivity contribution in [3.8, 4) is 5.75 Å². The number of hydrogen-bond donors (Lipinski definition) is 2. The Labute approximate surface area is 307 Å². The molecule has 1 aromatic heterocycles. The smallest absolute Gasteiger partial charge is 0.334 e. The molecule has 2 aromatic carbocycles. The molecule has 15 heteroatoms. The molecule has 7 rings (SSSR count). The standard InChI is InChI=1S/C38H45F2N9O4/c1-3-12-47-25-36(51)48-33(19-30-31(39)17-29(50)18-32(30)40)37(52)46(24-35(48)49(47)38(53)41-20-26-8-5-4-6-9-26)21-27-10-7-11-34(42-27)45-22-28(23-45)44-15-13-43(2)14-16-44/h3-11,17-18,28,33,35,50H,1,12-16,19-25H2,2H3,(H,41,53)/t33-,35-/m0/s1. The number of anilines is 1. The van der Waals surface area contributed by atoms with E-state index in [4.69, 9.17) is 4.98 Å². The zero-order valence-electron chi connectivity index (χ0n) is 29.8. The highest BCUT2D eigenvalue weighted by molar-refractivity contribution is 5.91. The van der Waals surface area contributed by atoms with Crippen LogP contribution in [-0.2, 0) is 29.1 Å². The van der Waals surface area contributed by atoms with Gasteiger partial charge < -0.3 is 30.0 Å². The third-order valence-corrected chi connectivity index (χ3v) is 10.6. The van der Waals surface area contributed by atoms with E-state index in [-0.39, 0.29) is 32.7 Å². The second kappa shape index (κ2) is 15.5. The van der Waals surface area contributed by atoms with Gasteiger partial charge in [-0.3, -0.25) is 14.5 Å². The third kappa shape index (κ3) is 7.68. The van der Waals surface area contributed by atoms with Crippen LogP contribution in [0.2, 0.25) is 0 Å². The monoisotopic (exact) mass is 729 g/mol. The van der Waals surface area contributed by atoms with Gasteiger partial charge in [0, 0.05) is 82.5 Å². The largest absolute Gasteiger partial charge is 0.508 e. The van der Waals surface area contributed by atoms with Crippen LogP contribution in [0.4, 0.5) is 19.4 Å². The summed E-state index contributed by atoms with van der Waals surface area (Å²) in [6.45, 7) is 9.72. The normalized spacial score (nSPS) is 21.8. The summed E-state index contributed by atoms with van der Waals surface area (Å²) in [5.74, 6) is -2.91. The van der Waals surface area contributed by atoms with E-state index in [9.17, 15) is 19.5 Å². The second-order valence-corrected chi connectivity index (χ2v) is 14.1. The van der Waals surface area contributed by atoms with Crippen molar-refractivity contribution in [2.24, 2.45) is 0 Å². The number of phenols is 1. The van der Waals surface area contributed by atoms with Crippen molar-refractivity contribution in [1.82, 2.24) is 39.9 Å². The van der Waals surface area contributed by atoms with E-state index < -0.39 is 59.4 Å². The zero-order chi connectivity index (χ0) is 37.2. The molecule has 4 aliphatic rings. The number of fused-ring (bicyclic) bond motifs is 1. The molecular weight excluding hydrogens is 684 g/mol. The van der Waals surface area contributed by atoms with E-state index in [0.29, 0.717) is 11.7 Å². The van der Waals surface area contributed by atoms with Gasteiger partial charge in [-0.05, 0) is 24.7 Å². The summed E-state index contributed by atoms with van der Waals surface area (Å²) in [7, 11) is 2.14. The highest BCUT2D eigenvalue weighted by Crippen LogP contribution is 2.32. The van der Waals surface area contributed by atoms with Gasteiger partial charge in [0.05, 0.1) is 25.3 Å². The van der Waals surface area contributed by atoms with E-state index in [1.54, 1.807) is 11.1 Å². The molecule has 4 amide bonds. The minimum Gasteiger partial charge on any atom is -0.508 e. The van der Waals surface area contributed by atoms with Crippen molar-refractivity contribution in [2.75, 3.05) is 70.9 Å². The van der Waals surface area contributed by atoms with Crippen LogP contribution in [0.3, 0.4) is 0 Å². The van der Waals surface area contributed by atoms with Crippen LogP contribution in [0, 0.1) is 11.6 Å². The number of amides is 4. The number of halogens is 2.